The first-order valence-electron chi connectivity index (χ1n) is 12.1. The Balaban J connectivity index is 1.40. The van der Waals surface area contributed by atoms with E-state index in [1.54, 1.807) is 33.8 Å². The van der Waals surface area contributed by atoms with Crippen molar-refractivity contribution in [1.29, 1.82) is 0 Å². The fourth-order valence-corrected chi connectivity index (χ4v) is 7.55. The number of thiophene rings is 1. The highest BCUT2D eigenvalue weighted by atomic mass is 32.2. The second kappa shape index (κ2) is 10.1. The van der Waals surface area contributed by atoms with E-state index < -0.39 is 10.0 Å². The van der Waals surface area contributed by atoms with Gasteiger partial charge < -0.3 is 10.6 Å². The van der Waals surface area contributed by atoms with Crippen molar-refractivity contribution in [2.75, 3.05) is 10.6 Å². The van der Waals surface area contributed by atoms with E-state index in [0.29, 0.717) is 43.3 Å². The van der Waals surface area contributed by atoms with Crippen LogP contribution in [0.1, 0.15) is 45.2 Å². The summed E-state index contributed by atoms with van der Waals surface area (Å²) in [6.45, 7) is 6.01. The molecule has 0 aromatic carbocycles. The Morgan fingerprint density at radius 1 is 1.14 bits per heavy atom. The summed E-state index contributed by atoms with van der Waals surface area (Å²) in [5.41, 5.74) is 0.954. The molecule has 1 aliphatic rings. The zero-order valence-electron chi connectivity index (χ0n) is 20.5. The normalized spacial score (nSPS) is 21.0. The minimum Gasteiger partial charge on any atom is -0.351 e. The molecule has 190 valence electrons. The number of aromatic nitrogens is 5. The van der Waals surface area contributed by atoms with Crippen LogP contribution in [0.3, 0.4) is 0 Å². The minimum absolute atomic E-state index is 0.0352. The third-order valence-electron chi connectivity index (χ3n) is 6.57. The van der Waals surface area contributed by atoms with Crippen LogP contribution in [0.5, 0.6) is 0 Å². The lowest BCUT2D eigenvalue weighted by Crippen LogP contribution is -2.54. The lowest BCUT2D eigenvalue weighted by molar-refractivity contribution is 0.160. The Bertz CT molecular complexity index is 1420. The molecule has 4 aromatic heterocycles. The highest BCUT2D eigenvalue weighted by Crippen LogP contribution is 2.34. The molecule has 0 unspecified atom stereocenters. The molecule has 0 aliphatic carbocycles. The van der Waals surface area contributed by atoms with E-state index in [1.165, 1.54) is 6.20 Å². The van der Waals surface area contributed by atoms with Crippen molar-refractivity contribution >= 4 is 49.2 Å². The van der Waals surface area contributed by atoms with Gasteiger partial charge in [-0.1, -0.05) is 19.9 Å². The van der Waals surface area contributed by atoms with Crippen LogP contribution in [0.4, 0.5) is 17.6 Å². The molecule has 10 nitrogen and oxygen atoms in total. The first kappa shape index (κ1) is 24.6. The topological polar surface area (TPSA) is 129 Å². The van der Waals surface area contributed by atoms with Crippen LogP contribution in [0.2, 0.25) is 0 Å². The van der Waals surface area contributed by atoms with Gasteiger partial charge in [0.15, 0.2) is 10.8 Å². The molecule has 3 atom stereocenters. The standard InChI is InChI=1S/C24H30N8O2S2/c1-4-17-13-16(14-18(5-2)32(17)36(33,34)21-8-6-7-10-25-21)26-24-28-22(19-9-11-35-23(19)29-24)27-20-12-15(3)30-31-20/h6-12,16-18H,4-5,13-14H2,1-3H3,(H3,26,27,28,29,30,31)/t16-,17-,18+. The zero-order valence-corrected chi connectivity index (χ0v) is 22.1. The molecule has 1 aliphatic heterocycles. The van der Waals surface area contributed by atoms with E-state index in [4.69, 9.17) is 9.97 Å². The van der Waals surface area contributed by atoms with Crippen LogP contribution in [-0.4, -0.2) is 56.0 Å². The largest absolute Gasteiger partial charge is 0.351 e. The maximum Gasteiger partial charge on any atom is 0.261 e. The van der Waals surface area contributed by atoms with Gasteiger partial charge in [0.1, 0.15) is 10.6 Å². The molecule has 5 heterocycles. The molecule has 0 saturated carbocycles. The van der Waals surface area contributed by atoms with E-state index >= 15 is 0 Å². The quantitative estimate of drug-likeness (QED) is 0.302. The number of pyridine rings is 1. The molecule has 3 N–H and O–H groups in total. The molecule has 1 fully saturated rings. The van der Waals surface area contributed by atoms with E-state index in [0.717, 1.165) is 15.9 Å². The first-order chi connectivity index (χ1) is 17.4. The van der Waals surface area contributed by atoms with Gasteiger partial charge in [-0.05, 0) is 56.2 Å². The Morgan fingerprint density at radius 3 is 2.56 bits per heavy atom. The number of piperidine rings is 1. The number of hydrogen-bond donors (Lipinski definition) is 3. The molecular formula is C24H30N8O2S2. The van der Waals surface area contributed by atoms with Gasteiger partial charge in [-0.2, -0.15) is 14.4 Å². The van der Waals surface area contributed by atoms with Crippen molar-refractivity contribution in [1.82, 2.24) is 29.5 Å². The van der Waals surface area contributed by atoms with Crippen LogP contribution in [0.25, 0.3) is 10.2 Å². The van der Waals surface area contributed by atoms with E-state index in [2.05, 4.69) is 25.8 Å². The van der Waals surface area contributed by atoms with Crippen molar-refractivity contribution in [2.24, 2.45) is 0 Å². The van der Waals surface area contributed by atoms with Crippen LogP contribution in [-0.2, 0) is 10.0 Å². The van der Waals surface area contributed by atoms with Gasteiger partial charge in [-0.15, -0.1) is 11.3 Å². The Kier molecular flexibility index (Phi) is 6.91. The van der Waals surface area contributed by atoms with Crippen molar-refractivity contribution in [3.8, 4) is 0 Å². The lowest BCUT2D eigenvalue weighted by Gasteiger charge is -2.43. The van der Waals surface area contributed by atoms with Crippen LogP contribution in [0, 0.1) is 6.92 Å². The van der Waals surface area contributed by atoms with Crippen LogP contribution < -0.4 is 10.6 Å². The third kappa shape index (κ3) is 4.80. The molecule has 1 saturated heterocycles. The number of rotatable bonds is 8. The summed E-state index contributed by atoms with van der Waals surface area (Å²) in [5.74, 6) is 1.90. The molecule has 36 heavy (non-hydrogen) atoms. The Labute approximate surface area is 214 Å². The number of H-pyrrole nitrogens is 1. The number of anilines is 3. The van der Waals surface area contributed by atoms with E-state index in [1.807, 2.05) is 38.3 Å². The molecule has 5 rings (SSSR count). The van der Waals surface area contributed by atoms with E-state index in [-0.39, 0.29) is 23.2 Å². The second-order valence-electron chi connectivity index (χ2n) is 9.04. The fraction of sp³-hybridized carbons (Fsp3) is 0.417. The van der Waals surface area contributed by atoms with Crippen molar-refractivity contribution in [3.63, 3.8) is 0 Å². The predicted octanol–water partition coefficient (Wildman–Crippen LogP) is 4.68. The monoisotopic (exact) mass is 526 g/mol. The highest BCUT2D eigenvalue weighted by Gasteiger charge is 2.42. The van der Waals surface area contributed by atoms with Gasteiger partial charge >= 0.3 is 0 Å². The number of hydrogen-bond acceptors (Lipinski definition) is 9. The van der Waals surface area contributed by atoms with Gasteiger partial charge in [0.25, 0.3) is 10.0 Å². The molecule has 0 bridgehead atoms. The number of aryl methyl sites for hydroxylation is 1. The summed E-state index contributed by atoms with van der Waals surface area (Å²) >= 11 is 1.55. The summed E-state index contributed by atoms with van der Waals surface area (Å²) in [5, 5.41) is 17.0. The van der Waals surface area contributed by atoms with Gasteiger partial charge in [-0.3, -0.25) is 5.10 Å². The second-order valence-corrected chi connectivity index (χ2v) is 11.7. The zero-order chi connectivity index (χ0) is 25.3. The van der Waals surface area contributed by atoms with Gasteiger partial charge in [0, 0.05) is 36.1 Å². The fourth-order valence-electron chi connectivity index (χ4n) is 4.87. The predicted molar refractivity (Wildman–Crippen MR) is 142 cm³/mol. The highest BCUT2D eigenvalue weighted by molar-refractivity contribution is 7.89. The summed E-state index contributed by atoms with van der Waals surface area (Å²) in [6.07, 6.45) is 4.25. The number of fused-ring (bicyclic) bond motifs is 1. The number of aromatic amines is 1. The molecule has 12 heteroatoms. The summed E-state index contributed by atoms with van der Waals surface area (Å²) in [7, 11) is -3.70. The van der Waals surface area contributed by atoms with Crippen LogP contribution in [0.15, 0.2) is 46.9 Å². The molecule has 0 amide bonds. The SMILES string of the molecule is CC[C@@H]1C[C@@H](Nc2nc(Nc3cc(C)[nH]n3)c3ccsc3n2)C[C@H](CC)N1S(=O)(=O)c1ccccn1. The molecule has 0 radical (unpaired) electrons. The number of nitrogens with one attached hydrogen (secondary N) is 3. The van der Waals surface area contributed by atoms with Gasteiger partial charge in [0.05, 0.1) is 5.39 Å². The summed E-state index contributed by atoms with van der Waals surface area (Å²) < 4.78 is 28.7. The summed E-state index contributed by atoms with van der Waals surface area (Å²) in [6, 6.07) is 8.66. The van der Waals surface area contributed by atoms with E-state index in [9.17, 15) is 8.42 Å². The Morgan fingerprint density at radius 2 is 1.92 bits per heavy atom. The smallest absolute Gasteiger partial charge is 0.261 e. The number of sulfonamides is 1. The average molecular weight is 527 g/mol. The van der Waals surface area contributed by atoms with Gasteiger partial charge in [-0.25, -0.2) is 18.4 Å². The number of nitrogens with zero attached hydrogens (tertiary/aromatic N) is 5. The minimum atomic E-state index is -3.70. The van der Waals surface area contributed by atoms with Crippen molar-refractivity contribution < 1.29 is 8.42 Å². The maximum absolute atomic E-state index is 13.5. The Hall–Kier alpha value is -3.09. The first-order valence-corrected chi connectivity index (χ1v) is 14.5. The summed E-state index contributed by atoms with van der Waals surface area (Å²) in [4.78, 5) is 14.5. The van der Waals surface area contributed by atoms with Gasteiger partial charge in [0.2, 0.25) is 5.95 Å². The molecular weight excluding hydrogens is 496 g/mol. The lowest BCUT2D eigenvalue weighted by atomic mass is 9.91. The average Bonchev–Trinajstić information content (AvgIpc) is 3.52. The van der Waals surface area contributed by atoms with Crippen molar-refractivity contribution in [3.05, 3.63) is 47.6 Å². The maximum atomic E-state index is 13.5. The van der Waals surface area contributed by atoms with Crippen molar-refractivity contribution in [2.45, 2.75) is 69.6 Å². The molecule has 4 aromatic rings. The third-order valence-corrected chi connectivity index (χ3v) is 9.29. The molecule has 0 spiro atoms. The van der Waals surface area contributed by atoms with Crippen LogP contribution >= 0.6 is 11.3 Å².